The standard InChI is InChI=1S/C16H31NO2/c1-4-14-5-7-16(18,8-6-14)11-17-15-9-12(2)19-13(3)10-15/h12-15,17-18H,4-11H2,1-3H3. The Kier molecular flexibility index (Phi) is 5.27. The molecule has 1 aliphatic heterocycles. The molecule has 1 aliphatic carbocycles. The van der Waals surface area contributed by atoms with Crippen LogP contribution in [0.15, 0.2) is 0 Å². The zero-order chi connectivity index (χ0) is 13.9. The summed E-state index contributed by atoms with van der Waals surface area (Å²) in [4.78, 5) is 0. The molecule has 1 saturated heterocycles. The summed E-state index contributed by atoms with van der Waals surface area (Å²) >= 11 is 0. The van der Waals surface area contributed by atoms with E-state index in [4.69, 9.17) is 4.74 Å². The maximum absolute atomic E-state index is 10.7. The predicted octanol–water partition coefficient (Wildman–Crippen LogP) is 2.86. The van der Waals surface area contributed by atoms with Gasteiger partial charge in [-0.25, -0.2) is 0 Å². The minimum atomic E-state index is -0.462. The lowest BCUT2D eigenvalue weighted by Crippen LogP contribution is -2.49. The van der Waals surface area contributed by atoms with Crippen LogP contribution in [0.3, 0.4) is 0 Å². The summed E-state index contributed by atoms with van der Waals surface area (Å²) < 4.78 is 5.76. The van der Waals surface area contributed by atoms with Crippen molar-refractivity contribution in [1.82, 2.24) is 5.32 Å². The molecule has 1 saturated carbocycles. The number of rotatable bonds is 4. The maximum atomic E-state index is 10.7. The molecule has 0 aromatic heterocycles. The van der Waals surface area contributed by atoms with Gasteiger partial charge in [0.2, 0.25) is 0 Å². The second-order valence-electron chi connectivity index (χ2n) is 6.88. The average Bonchev–Trinajstić information content (AvgIpc) is 2.37. The highest BCUT2D eigenvalue weighted by molar-refractivity contribution is 4.89. The van der Waals surface area contributed by atoms with Gasteiger partial charge < -0.3 is 15.2 Å². The molecular formula is C16H31NO2. The van der Waals surface area contributed by atoms with Crippen molar-refractivity contribution >= 4 is 0 Å². The van der Waals surface area contributed by atoms with E-state index < -0.39 is 5.60 Å². The Labute approximate surface area is 118 Å². The Balaban J connectivity index is 1.75. The monoisotopic (exact) mass is 269 g/mol. The third kappa shape index (κ3) is 4.44. The number of nitrogens with one attached hydrogen (secondary N) is 1. The minimum Gasteiger partial charge on any atom is -0.389 e. The third-order valence-corrected chi connectivity index (χ3v) is 5.03. The predicted molar refractivity (Wildman–Crippen MR) is 78.2 cm³/mol. The van der Waals surface area contributed by atoms with Crippen molar-refractivity contribution in [3.8, 4) is 0 Å². The zero-order valence-electron chi connectivity index (χ0n) is 12.8. The smallest absolute Gasteiger partial charge is 0.0771 e. The molecule has 0 aromatic carbocycles. The summed E-state index contributed by atoms with van der Waals surface area (Å²) in [6.45, 7) is 7.31. The molecule has 0 radical (unpaired) electrons. The fourth-order valence-electron chi connectivity index (χ4n) is 3.71. The van der Waals surface area contributed by atoms with E-state index in [1.807, 2.05) is 0 Å². The first-order valence-electron chi connectivity index (χ1n) is 8.12. The van der Waals surface area contributed by atoms with Gasteiger partial charge in [0.25, 0.3) is 0 Å². The first kappa shape index (κ1) is 15.3. The molecule has 19 heavy (non-hydrogen) atoms. The SMILES string of the molecule is CCC1CCC(O)(CNC2CC(C)OC(C)C2)CC1. The lowest BCUT2D eigenvalue weighted by atomic mass is 9.77. The molecular weight excluding hydrogens is 238 g/mol. The fourth-order valence-corrected chi connectivity index (χ4v) is 3.71. The van der Waals surface area contributed by atoms with Crippen LogP contribution in [-0.2, 0) is 4.74 Å². The van der Waals surface area contributed by atoms with Crippen LogP contribution in [0, 0.1) is 5.92 Å². The van der Waals surface area contributed by atoms with Crippen molar-refractivity contribution in [2.45, 2.75) is 89.6 Å². The summed E-state index contributed by atoms with van der Waals surface area (Å²) in [5.41, 5.74) is -0.462. The Bertz CT molecular complexity index is 264. The van der Waals surface area contributed by atoms with Crippen molar-refractivity contribution in [1.29, 1.82) is 0 Å². The van der Waals surface area contributed by atoms with Gasteiger partial charge >= 0.3 is 0 Å². The highest BCUT2D eigenvalue weighted by Gasteiger charge is 2.34. The molecule has 2 aliphatic rings. The molecule has 0 spiro atoms. The Morgan fingerprint density at radius 2 is 1.74 bits per heavy atom. The topological polar surface area (TPSA) is 41.5 Å². The van der Waals surface area contributed by atoms with E-state index in [9.17, 15) is 5.11 Å². The van der Waals surface area contributed by atoms with Gasteiger partial charge in [0.05, 0.1) is 17.8 Å². The van der Waals surface area contributed by atoms with E-state index in [-0.39, 0.29) is 0 Å². The van der Waals surface area contributed by atoms with Gasteiger partial charge in [0.15, 0.2) is 0 Å². The van der Waals surface area contributed by atoms with Crippen LogP contribution in [0.25, 0.3) is 0 Å². The molecule has 0 amide bonds. The Morgan fingerprint density at radius 3 is 2.26 bits per heavy atom. The summed E-state index contributed by atoms with van der Waals surface area (Å²) in [6, 6.07) is 0.506. The van der Waals surface area contributed by atoms with E-state index in [1.165, 1.54) is 19.3 Å². The number of aliphatic hydroxyl groups is 1. The van der Waals surface area contributed by atoms with Crippen LogP contribution >= 0.6 is 0 Å². The van der Waals surface area contributed by atoms with Crippen molar-refractivity contribution in [3.05, 3.63) is 0 Å². The van der Waals surface area contributed by atoms with E-state index in [2.05, 4.69) is 26.1 Å². The summed E-state index contributed by atoms with van der Waals surface area (Å²) in [7, 11) is 0. The quantitative estimate of drug-likeness (QED) is 0.824. The van der Waals surface area contributed by atoms with Crippen molar-refractivity contribution in [2.75, 3.05) is 6.54 Å². The van der Waals surface area contributed by atoms with Gasteiger partial charge in [-0.3, -0.25) is 0 Å². The number of hydrogen-bond acceptors (Lipinski definition) is 3. The lowest BCUT2D eigenvalue weighted by Gasteiger charge is -2.39. The lowest BCUT2D eigenvalue weighted by molar-refractivity contribution is -0.0516. The molecule has 0 aromatic rings. The summed E-state index contributed by atoms with van der Waals surface area (Å²) in [6.07, 6.45) is 8.39. The third-order valence-electron chi connectivity index (χ3n) is 5.03. The van der Waals surface area contributed by atoms with Gasteiger partial charge in [-0.1, -0.05) is 13.3 Å². The first-order chi connectivity index (χ1) is 9.00. The molecule has 2 fully saturated rings. The van der Waals surface area contributed by atoms with Crippen molar-refractivity contribution < 1.29 is 9.84 Å². The second-order valence-corrected chi connectivity index (χ2v) is 6.88. The van der Waals surface area contributed by atoms with E-state index in [0.29, 0.717) is 18.2 Å². The summed E-state index contributed by atoms with van der Waals surface area (Å²) in [5.74, 6) is 0.836. The van der Waals surface area contributed by atoms with Gasteiger partial charge in [-0.15, -0.1) is 0 Å². The average molecular weight is 269 g/mol. The maximum Gasteiger partial charge on any atom is 0.0771 e. The van der Waals surface area contributed by atoms with Crippen LogP contribution in [0.4, 0.5) is 0 Å². The van der Waals surface area contributed by atoms with Gasteiger partial charge in [-0.2, -0.15) is 0 Å². The first-order valence-corrected chi connectivity index (χ1v) is 8.12. The zero-order valence-corrected chi connectivity index (χ0v) is 12.8. The van der Waals surface area contributed by atoms with E-state index in [1.54, 1.807) is 0 Å². The van der Waals surface area contributed by atoms with Gasteiger partial charge in [0, 0.05) is 12.6 Å². The normalized spacial score (nSPS) is 44.2. The summed E-state index contributed by atoms with van der Waals surface area (Å²) in [5, 5.41) is 14.2. The van der Waals surface area contributed by atoms with Gasteiger partial charge in [0.1, 0.15) is 0 Å². The van der Waals surface area contributed by atoms with Crippen LogP contribution in [0.2, 0.25) is 0 Å². The molecule has 1 heterocycles. The molecule has 3 nitrogen and oxygen atoms in total. The highest BCUT2D eigenvalue weighted by Crippen LogP contribution is 2.33. The molecule has 2 unspecified atom stereocenters. The fraction of sp³-hybridized carbons (Fsp3) is 1.00. The second kappa shape index (κ2) is 6.55. The number of ether oxygens (including phenoxy) is 1. The van der Waals surface area contributed by atoms with Crippen molar-refractivity contribution in [2.24, 2.45) is 5.92 Å². The van der Waals surface area contributed by atoms with Crippen LogP contribution in [-0.4, -0.2) is 35.5 Å². The minimum absolute atomic E-state index is 0.340. The molecule has 112 valence electrons. The van der Waals surface area contributed by atoms with Gasteiger partial charge in [-0.05, 0) is 58.3 Å². The molecule has 3 heteroatoms. The Hall–Kier alpha value is -0.120. The molecule has 2 rings (SSSR count). The molecule has 2 atom stereocenters. The van der Waals surface area contributed by atoms with Crippen LogP contribution < -0.4 is 5.32 Å². The molecule has 0 bridgehead atoms. The molecule has 2 N–H and O–H groups in total. The van der Waals surface area contributed by atoms with E-state index >= 15 is 0 Å². The number of hydrogen-bond donors (Lipinski definition) is 2. The Morgan fingerprint density at radius 1 is 1.16 bits per heavy atom. The van der Waals surface area contributed by atoms with E-state index in [0.717, 1.165) is 38.1 Å². The van der Waals surface area contributed by atoms with Crippen LogP contribution in [0.5, 0.6) is 0 Å². The largest absolute Gasteiger partial charge is 0.389 e. The highest BCUT2D eigenvalue weighted by atomic mass is 16.5. The van der Waals surface area contributed by atoms with Crippen LogP contribution in [0.1, 0.15) is 65.7 Å². The van der Waals surface area contributed by atoms with Crippen molar-refractivity contribution in [3.63, 3.8) is 0 Å².